The third kappa shape index (κ3) is 3.08. The molecule has 0 saturated heterocycles. The third-order valence-corrected chi connectivity index (χ3v) is 6.76. The molecule has 1 fully saturated rings. The number of fused-ring (bicyclic) bond motifs is 3. The second-order valence-electron chi connectivity index (χ2n) is 8.25. The van der Waals surface area contributed by atoms with Crippen LogP contribution in [0.5, 0.6) is 0 Å². The number of nitriles is 1. The summed E-state index contributed by atoms with van der Waals surface area (Å²) in [7, 11) is 1.63. The van der Waals surface area contributed by atoms with Crippen LogP contribution in [0.25, 0.3) is 28.1 Å². The maximum absolute atomic E-state index is 13.7. The fourth-order valence-corrected chi connectivity index (χ4v) is 4.87. The van der Waals surface area contributed by atoms with E-state index >= 15 is 0 Å². The van der Waals surface area contributed by atoms with Gasteiger partial charge in [-0.25, -0.2) is 4.98 Å². The average Bonchev–Trinajstić information content (AvgIpc) is 3.58. The Labute approximate surface area is 193 Å². The Morgan fingerprint density at radius 2 is 2.12 bits per heavy atom. The highest BCUT2D eigenvalue weighted by molar-refractivity contribution is 6.32. The molecule has 1 saturated carbocycles. The van der Waals surface area contributed by atoms with Crippen LogP contribution in [0.2, 0.25) is 5.02 Å². The topological polar surface area (TPSA) is 131 Å². The molecule has 5 rings (SSSR count). The summed E-state index contributed by atoms with van der Waals surface area (Å²) in [5.74, 6) is 0.534. The highest BCUT2D eigenvalue weighted by Gasteiger charge is 2.41. The lowest BCUT2D eigenvalue weighted by Gasteiger charge is -2.22. The molecule has 1 aliphatic rings. The first kappa shape index (κ1) is 21.6. The molecule has 0 bridgehead atoms. The normalized spacial score (nSPS) is 16.5. The Morgan fingerprint density at radius 1 is 1.36 bits per heavy atom. The number of hydrogen-bond acceptors (Lipinski definition) is 8. The molecule has 10 nitrogen and oxygen atoms in total. The summed E-state index contributed by atoms with van der Waals surface area (Å²) < 4.78 is 14.2. The molecule has 170 valence electrons. The van der Waals surface area contributed by atoms with Crippen LogP contribution >= 0.6 is 11.6 Å². The minimum atomic E-state index is -0.627. The van der Waals surface area contributed by atoms with Crippen molar-refractivity contribution in [3.8, 4) is 17.6 Å². The van der Waals surface area contributed by atoms with Crippen LogP contribution in [0.3, 0.4) is 0 Å². The number of aliphatic hydroxyl groups is 1. The van der Waals surface area contributed by atoms with E-state index in [2.05, 4.69) is 21.2 Å². The molecule has 3 heterocycles. The Balaban J connectivity index is 1.80. The largest absolute Gasteiger partial charge is 0.394 e. The molecule has 33 heavy (non-hydrogen) atoms. The maximum Gasteiger partial charge on any atom is 0.278 e. The molecule has 0 aliphatic heterocycles. The van der Waals surface area contributed by atoms with E-state index < -0.39 is 17.2 Å². The first-order valence-corrected chi connectivity index (χ1v) is 11.0. The fraction of sp³-hybridized carbons (Fsp3) is 0.409. The molecule has 1 N–H and O–H groups in total. The number of rotatable bonds is 5. The predicted octanol–water partition coefficient (Wildman–Crippen LogP) is 3.19. The summed E-state index contributed by atoms with van der Waals surface area (Å²) in [5, 5.41) is 23.9. The Morgan fingerprint density at radius 3 is 2.79 bits per heavy atom. The summed E-state index contributed by atoms with van der Waals surface area (Å²) in [4.78, 5) is 22.6. The van der Waals surface area contributed by atoms with Gasteiger partial charge < -0.3 is 14.4 Å². The van der Waals surface area contributed by atoms with Crippen molar-refractivity contribution in [2.45, 2.75) is 44.2 Å². The number of aromatic nitrogens is 5. The molecule has 0 radical (unpaired) electrons. The van der Waals surface area contributed by atoms with Crippen LogP contribution in [0.4, 0.5) is 0 Å². The number of methoxy groups -OCH3 is 1. The van der Waals surface area contributed by atoms with Gasteiger partial charge >= 0.3 is 0 Å². The quantitative estimate of drug-likeness (QED) is 0.472. The van der Waals surface area contributed by atoms with Crippen LogP contribution in [-0.4, -0.2) is 42.9 Å². The van der Waals surface area contributed by atoms with Gasteiger partial charge in [0.2, 0.25) is 5.82 Å². The molecule has 11 heteroatoms. The van der Waals surface area contributed by atoms with Gasteiger partial charge in [0, 0.05) is 7.11 Å². The van der Waals surface area contributed by atoms with Gasteiger partial charge in [0.05, 0.1) is 34.3 Å². The molecule has 1 aliphatic carbocycles. The highest BCUT2D eigenvalue weighted by Crippen LogP contribution is 2.41. The van der Waals surface area contributed by atoms with Crippen molar-refractivity contribution >= 4 is 28.2 Å². The molecule has 0 spiro atoms. The average molecular weight is 469 g/mol. The Hall–Kier alpha value is -3.26. The fourth-order valence-electron chi connectivity index (χ4n) is 4.67. The molecular weight excluding hydrogens is 448 g/mol. The second kappa shape index (κ2) is 7.95. The van der Waals surface area contributed by atoms with E-state index in [1.807, 2.05) is 0 Å². The first-order valence-electron chi connectivity index (χ1n) is 10.6. The van der Waals surface area contributed by atoms with Crippen molar-refractivity contribution < 1.29 is 14.4 Å². The van der Waals surface area contributed by atoms with Gasteiger partial charge in [0.1, 0.15) is 29.2 Å². The van der Waals surface area contributed by atoms with Crippen LogP contribution in [0.15, 0.2) is 27.8 Å². The number of aliphatic hydroxyl groups excluding tert-OH is 1. The van der Waals surface area contributed by atoms with Crippen molar-refractivity contribution in [2.75, 3.05) is 13.7 Å². The highest BCUT2D eigenvalue weighted by atomic mass is 35.5. The minimum absolute atomic E-state index is 0.147. The van der Waals surface area contributed by atoms with E-state index in [-0.39, 0.29) is 34.2 Å². The molecule has 0 amide bonds. The summed E-state index contributed by atoms with van der Waals surface area (Å²) in [6, 6.07) is 4.75. The van der Waals surface area contributed by atoms with E-state index in [0.717, 1.165) is 25.7 Å². The number of nitrogens with zero attached hydrogens (tertiary/aromatic N) is 6. The molecular formula is C22H21ClN6O4. The minimum Gasteiger partial charge on any atom is -0.394 e. The molecule has 3 aromatic heterocycles. The van der Waals surface area contributed by atoms with Crippen molar-refractivity contribution in [2.24, 2.45) is 0 Å². The summed E-state index contributed by atoms with van der Waals surface area (Å²) in [6.45, 7) is 1.37. The van der Waals surface area contributed by atoms with Crippen molar-refractivity contribution in [3.63, 3.8) is 0 Å². The van der Waals surface area contributed by atoms with E-state index in [4.69, 9.17) is 20.9 Å². The van der Waals surface area contributed by atoms with Crippen LogP contribution in [-0.2, 0) is 10.3 Å². The summed E-state index contributed by atoms with van der Waals surface area (Å²) in [6.07, 6.45) is 5.03. The SMILES string of the molecule is COC1(c2nc(-c3ncn4c3c(=O)n(C(C)CO)c3c(C#N)c(Cl)ccc34)no2)CCCC1. The van der Waals surface area contributed by atoms with E-state index in [9.17, 15) is 15.2 Å². The molecule has 1 unspecified atom stereocenters. The smallest absolute Gasteiger partial charge is 0.278 e. The van der Waals surface area contributed by atoms with Gasteiger partial charge in [-0.15, -0.1) is 0 Å². The number of ether oxygens (including phenoxy) is 1. The second-order valence-corrected chi connectivity index (χ2v) is 8.66. The van der Waals surface area contributed by atoms with E-state index in [0.29, 0.717) is 16.9 Å². The molecule has 1 atom stereocenters. The zero-order valence-electron chi connectivity index (χ0n) is 18.1. The van der Waals surface area contributed by atoms with Gasteiger partial charge in [0.15, 0.2) is 0 Å². The van der Waals surface area contributed by atoms with Crippen LogP contribution in [0.1, 0.15) is 50.1 Å². The van der Waals surface area contributed by atoms with Crippen molar-refractivity contribution in [1.29, 1.82) is 5.26 Å². The number of hydrogen-bond donors (Lipinski definition) is 1. The molecule has 4 aromatic rings. The van der Waals surface area contributed by atoms with Crippen LogP contribution in [0, 0.1) is 11.3 Å². The zero-order chi connectivity index (χ0) is 23.3. The Bertz CT molecular complexity index is 1470. The lowest BCUT2D eigenvalue weighted by Crippen LogP contribution is -2.28. The summed E-state index contributed by atoms with van der Waals surface area (Å²) in [5.41, 5.74) is 0.381. The summed E-state index contributed by atoms with van der Waals surface area (Å²) >= 11 is 6.25. The van der Waals surface area contributed by atoms with Gasteiger partial charge in [-0.3, -0.25) is 13.8 Å². The molecule has 1 aromatic carbocycles. The van der Waals surface area contributed by atoms with E-state index in [1.165, 1.54) is 10.9 Å². The monoisotopic (exact) mass is 468 g/mol. The third-order valence-electron chi connectivity index (χ3n) is 6.44. The standard InChI is InChI=1S/C22H21ClN6O4/c1-12(10-30)29-17-13(9-24)14(23)5-6-15(17)28-11-25-16(18(28)20(29)31)19-26-21(33-27-19)22(32-2)7-3-4-8-22/h5-6,11-12,30H,3-4,7-8,10H2,1-2H3. The number of halogens is 1. The van der Waals surface area contributed by atoms with Gasteiger partial charge in [-0.05, 0) is 44.7 Å². The number of benzene rings is 1. The van der Waals surface area contributed by atoms with Gasteiger partial charge in [-0.1, -0.05) is 16.8 Å². The van der Waals surface area contributed by atoms with Crippen LogP contribution < -0.4 is 5.56 Å². The predicted molar refractivity (Wildman–Crippen MR) is 119 cm³/mol. The van der Waals surface area contributed by atoms with E-state index in [1.54, 1.807) is 30.6 Å². The Kier molecular flexibility index (Phi) is 5.20. The maximum atomic E-state index is 13.7. The van der Waals surface area contributed by atoms with Crippen molar-refractivity contribution in [1.82, 2.24) is 24.1 Å². The zero-order valence-corrected chi connectivity index (χ0v) is 18.8. The lowest BCUT2D eigenvalue weighted by atomic mass is 10.0. The van der Waals surface area contributed by atoms with Gasteiger partial charge in [0.25, 0.3) is 11.4 Å². The lowest BCUT2D eigenvalue weighted by molar-refractivity contribution is -0.0342. The van der Waals surface area contributed by atoms with Gasteiger partial charge in [-0.2, -0.15) is 10.2 Å². The first-order chi connectivity index (χ1) is 16.0. The number of imidazole rings is 1. The van der Waals surface area contributed by atoms with Crippen molar-refractivity contribution in [3.05, 3.63) is 45.3 Å².